The molecule has 142 valence electrons. The molecule has 0 saturated heterocycles. The van der Waals surface area contributed by atoms with E-state index in [1.165, 1.54) is 11.3 Å². The molecule has 3 rings (SSSR count). The summed E-state index contributed by atoms with van der Waals surface area (Å²) >= 11 is 7.34. The van der Waals surface area contributed by atoms with E-state index in [0.29, 0.717) is 17.3 Å². The quantitative estimate of drug-likeness (QED) is 0.766. The van der Waals surface area contributed by atoms with Crippen LogP contribution in [0.4, 0.5) is 5.69 Å². The lowest BCUT2D eigenvalue weighted by Gasteiger charge is -2.11. The number of oxime groups is 1. The molecule has 0 aliphatic carbocycles. The predicted molar refractivity (Wildman–Crippen MR) is 107 cm³/mol. The van der Waals surface area contributed by atoms with Gasteiger partial charge in [-0.2, -0.15) is 0 Å². The summed E-state index contributed by atoms with van der Waals surface area (Å²) in [5.74, 6) is -0.321. The zero-order chi connectivity index (χ0) is 19.4. The maximum atomic E-state index is 12.3. The second kappa shape index (κ2) is 8.54. The van der Waals surface area contributed by atoms with Crippen molar-refractivity contribution in [2.45, 2.75) is 32.9 Å². The summed E-state index contributed by atoms with van der Waals surface area (Å²) < 4.78 is 0.675. The first-order chi connectivity index (χ1) is 12.9. The van der Waals surface area contributed by atoms with Gasteiger partial charge in [-0.25, -0.2) is 0 Å². The van der Waals surface area contributed by atoms with Gasteiger partial charge >= 0.3 is 0 Å². The Morgan fingerprint density at radius 1 is 1.26 bits per heavy atom. The average Bonchev–Trinajstić information content (AvgIpc) is 3.29. The van der Waals surface area contributed by atoms with E-state index in [2.05, 4.69) is 15.8 Å². The minimum Gasteiger partial charge on any atom is -0.382 e. The molecule has 1 aromatic carbocycles. The Hall–Kier alpha value is -2.38. The molecule has 0 radical (unpaired) electrons. The number of thiophene rings is 1. The molecule has 2 heterocycles. The molecule has 0 unspecified atom stereocenters. The van der Waals surface area contributed by atoms with Gasteiger partial charge in [0.1, 0.15) is 5.71 Å². The highest BCUT2D eigenvalue weighted by atomic mass is 35.5. The molecule has 27 heavy (non-hydrogen) atoms. The SMILES string of the molecule is CC(C)C(=O)Nc1ccc(CNC(=O)[C@H]2CC(c3ccc(Cl)s3)=NO2)cc1. The number of rotatable bonds is 6. The van der Waals surface area contributed by atoms with Crippen LogP contribution in [0.2, 0.25) is 4.34 Å². The van der Waals surface area contributed by atoms with Gasteiger partial charge in [-0.15, -0.1) is 11.3 Å². The van der Waals surface area contributed by atoms with Crippen LogP contribution < -0.4 is 10.6 Å². The number of nitrogens with one attached hydrogen (secondary N) is 2. The Morgan fingerprint density at radius 2 is 2.00 bits per heavy atom. The molecule has 1 aromatic heterocycles. The number of carbonyl (C=O) groups excluding carboxylic acids is 2. The first-order valence-electron chi connectivity index (χ1n) is 8.58. The maximum absolute atomic E-state index is 12.3. The van der Waals surface area contributed by atoms with Gasteiger partial charge in [0.2, 0.25) is 12.0 Å². The Balaban J connectivity index is 1.48. The van der Waals surface area contributed by atoms with E-state index < -0.39 is 6.10 Å². The zero-order valence-corrected chi connectivity index (χ0v) is 16.6. The smallest absolute Gasteiger partial charge is 0.264 e. The molecule has 0 fully saturated rings. The minimum absolute atomic E-state index is 0.0303. The van der Waals surface area contributed by atoms with Crippen molar-refractivity contribution in [2.75, 3.05) is 5.32 Å². The normalized spacial score (nSPS) is 16.0. The van der Waals surface area contributed by atoms with Crippen molar-refractivity contribution in [3.05, 3.63) is 51.2 Å². The maximum Gasteiger partial charge on any atom is 0.264 e. The number of halogens is 1. The molecule has 1 atom stereocenters. The van der Waals surface area contributed by atoms with E-state index in [1.807, 2.05) is 44.2 Å². The predicted octanol–water partition coefficient (Wildman–Crippen LogP) is 3.81. The summed E-state index contributed by atoms with van der Waals surface area (Å²) in [6, 6.07) is 11.0. The Bertz CT molecular complexity index is 861. The average molecular weight is 406 g/mol. The fourth-order valence-corrected chi connectivity index (χ4v) is 3.46. The van der Waals surface area contributed by atoms with Crippen molar-refractivity contribution in [3.8, 4) is 0 Å². The third-order valence-electron chi connectivity index (χ3n) is 4.03. The number of anilines is 1. The number of amides is 2. The van der Waals surface area contributed by atoms with Crippen molar-refractivity contribution in [2.24, 2.45) is 11.1 Å². The summed E-state index contributed by atoms with van der Waals surface area (Å²) in [4.78, 5) is 30.2. The molecular weight excluding hydrogens is 386 g/mol. The second-order valence-corrected chi connectivity index (χ2v) is 8.21. The number of carbonyl (C=O) groups is 2. The summed E-state index contributed by atoms with van der Waals surface area (Å²) in [7, 11) is 0. The van der Waals surface area contributed by atoms with E-state index >= 15 is 0 Å². The van der Waals surface area contributed by atoms with Gasteiger partial charge in [-0.05, 0) is 29.8 Å². The number of hydrogen-bond acceptors (Lipinski definition) is 5. The van der Waals surface area contributed by atoms with Crippen LogP contribution in [0.1, 0.15) is 30.7 Å². The monoisotopic (exact) mass is 405 g/mol. The molecule has 6 nitrogen and oxygen atoms in total. The topological polar surface area (TPSA) is 79.8 Å². The van der Waals surface area contributed by atoms with Crippen LogP contribution in [0.25, 0.3) is 0 Å². The lowest BCUT2D eigenvalue weighted by molar-refractivity contribution is -0.131. The van der Waals surface area contributed by atoms with Crippen molar-refractivity contribution in [1.82, 2.24) is 5.32 Å². The van der Waals surface area contributed by atoms with Gasteiger partial charge in [0.25, 0.3) is 5.91 Å². The Kier molecular flexibility index (Phi) is 6.13. The Labute approximate surface area is 166 Å². The summed E-state index contributed by atoms with van der Waals surface area (Å²) in [5.41, 5.74) is 2.39. The van der Waals surface area contributed by atoms with Crippen LogP contribution in [0.15, 0.2) is 41.6 Å². The molecule has 1 aliphatic heterocycles. The molecule has 2 aromatic rings. The van der Waals surface area contributed by atoms with Crippen LogP contribution in [0.3, 0.4) is 0 Å². The number of hydrogen-bond donors (Lipinski definition) is 2. The third-order valence-corrected chi connectivity index (χ3v) is 5.31. The van der Waals surface area contributed by atoms with Crippen LogP contribution in [-0.2, 0) is 21.0 Å². The standard InChI is InChI=1S/C19H20ClN3O3S/c1-11(2)18(24)22-13-5-3-12(4-6-13)10-21-19(25)15-9-14(23-26-15)16-7-8-17(20)27-16/h3-8,11,15H,9-10H2,1-2H3,(H,21,25)(H,22,24)/t15-/m1/s1. The highest BCUT2D eigenvalue weighted by molar-refractivity contribution is 7.18. The minimum atomic E-state index is -0.634. The van der Waals surface area contributed by atoms with Crippen molar-refractivity contribution in [1.29, 1.82) is 0 Å². The zero-order valence-electron chi connectivity index (χ0n) is 15.0. The second-order valence-electron chi connectivity index (χ2n) is 6.50. The van der Waals surface area contributed by atoms with Gasteiger partial charge in [-0.1, -0.05) is 42.7 Å². The largest absolute Gasteiger partial charge is 0.382 e. The third kappa shape index (κ3) is 5.08. The van der Waals surface area contributed by atoms with Gasteiger partial charge in [0, 0.05) is 24.6 Å². The van der Waals surface area contributed by atoms with Crippen molar-refractivity contribution in [3.63, 3.8) is 0 Å². The lowest BCUT2D eigenvalue weighted by Crippen LogP contribution is -2.34. The summed E-state index contributed by atoms with van der Waals surface area (Å²) in [6.07, 6.45) is -0.214. The summed E-state index contributed by atoms with van der Waals surface area (Å²) in [5, 5.41) is 9.68. The van der Waals surface area contributed by atoms with Gasteiger partial charge in [0.05, 0.1) is 9.21 Å². The first kappa shape index (κ1) is 19.4. The molecule has 8 heteroatoms. The van der Waals surface area contributed by atoms with E-state index in [1.54, 1.807) is 6.07 Å². The van der Waals surface area contributed by atoms with E-state index in [4.69, 9.17) is 16.4 Å². The molecule has 0 saturated carbocycles. The van der Waals surface area contributed by atoms with Gasteiger partial charge in [-0.3, -0.25) is 9.59 Å². The highest BCUT2D eigenvalue weighted by Gasteiger charge is 2.29. The van der Waals surface area contributed by atoms with Crippen molar-refractivity contribution >= 4 is 46.2 Å². The van der Waals surface area contributed by atoms with Crippen LogP contribution >= 0.6 is 22.9 Å². The molecular formula is C19H20ClN3O3S. The van der Waals surface area contributed by atoms with Crippen LogP contribution in [0, 0.1) is 5.92 Å². The molecule has 1 aliphatic rings. The van der Waals surface area contributed by atoms with Gasteiger partial charge in [0.15, 0.2) is 0 Å². The Morgan fingerprint density at radius 3 is 2.63 bits per heavy atom. The van der Waals surface area contributed by atoms with Crippen molar-refractivity contribution < 1.29 is 14.4 Å². The fourth-order valence-electron chi connectivity index (χ4n) is 2.43. The lowest BCUT2D eigenvalue weighted by atomic mass is 10.1. The molecule has 2 amide bonds. The van der Waals surface area contributed by atoms with E-state index in [0.717, 1.165) is 21.8 Å². The first-order valence-corrected chi connectivity index (χ1v) is 9.77. The summed E-state index contributed by atoms with van der Waals surface area (Å²) in [6.45, 7) is 4.05. The highest BCUT2D eigenvalue weighted by Crippen LogP contribution is 2.26. The molecule has 0 spiro atoms. The number of nitrogens with zero attached hydrogens (tertiary/aromatic N) is 1. The molecule has 2 N–H and O–H groups in total. The molecule has 0 bridgehead atoms. The van der Waals surface area contributed by atoms with E-state index in [-0.39, 0.29) is 17.7 Å². The van der Waals surface area contributed by atoms with Gasteiger partial charge < -0.3 is 15.5 Å². The van der Waals surface area contributed by atoms with E-state index in [9.17, 15) is 9.59 Å². The van der Waals surface area contributed by atoms with Crippen LogP contribution in [-0.4, -0.2) is 23.6 Å². The number of benzene rings is 1. The van der Waals surface area contributed by atoms with Crippen LogP contribution in [0.5, 0.6) is 0 Å². The fraction of sp³-hybridized carbons (Fsp3) is 0.316.